The fourth-order valence-electron chi connectivity index (χ4n) is 3.61. The van der Waals surface area contributed by atoms with Crippen molar-refractivity contribution in [3.63, 3.8) is 0 Å². The van der Waals surface area contributed by atoms with Gasteiger partial charge in [0.2, 0.25) is 0 Å². The second kappa shape index (κ2) is 7.84. The first-order valence-corrected chi connectivity index (χ1v) is 9.36. The molecule has 1 aliphatic heterocycles. The van der Waals surface area contributed by atoms with Crippen LogP contribution in [0.1, 0.15) is 18.4 Å². The lowest BCUT2D eigenvalue weighted by Crippen LogP contribution is -2.38. The lowest BCUT2D eigenvalue weighted by molar-refractivity contribution is 0.210. The van der Waals surface area contributed by atoms with Crippen molar-refractivity contribution in [1.82, 2.24) is 4.90 Å². The number of hydrogen-bond donors (Lipinski definition) is 1. The van der Waals surface area contributed by atoms with Gasteiger partial charge in [-0.15, -0.1) is 0 Å². The van der Waals surface area contributed by atoms with Crippen LogP contribution in [0.4, 0.5) is 5.88 Å². The molecule has 2 heterocycles. The average Bonchev–Trinajstić information content (AvgIpc) is 2.70. The highest BCUT2D eigenvalue weighted by atomic mass is 16.5. The summed E-state index contributed by atoms with van der Waals surface area (Å²) in [6.07, 6.45) is 2.05. The van der Waals surface area contributed by atoms with E-state index < -0.39 is 0 Å². The van der Waals surface area contributed by atoms with Crippen LogP contribution >= 0.6 is 0 Å². The summed E-state index contributed by atoms with van der Waals surface area (Å²) in [6, 6.07) is 17.7. The van der Waals surface area contributed by atoms with E-state index in [0.29, 0.717) is 28.6 Å². The average molecular weight is 364 g/mol. The first-order chi connectivity index (χ1) is 13.2. The van der Waals surface area contributed by atoms with E-state index >= 15 is 0 Å². The Morgan fingerprint density at radius 2 is 1.89 bits per heavy atom. The third kappa shape index (κ3) is 4.14. The Morgan fingerprint density at radius 3 is 2.63 bits per heavy atom. The molecule has 1 aliphatic rings. The van der Waals surface area contributed by atoms with Crippen LogP contribution < -0.4 is 15.5 Å². The molecular weight excluding hydrogens is 340 g/mol. The number of methoxy groups -OCH3 is 1. The highest BCUT2D eigenvalue weighted by Crippen LogP contribution is 2.23. The molecule has 0 unspecified atom stereocenters. The molecule has 0 atom stereocenters. The minimum Gasteiger partial charge on any atom is -0.497 e. The Morgan fingerprint density at radius 1 is 1.11 bits per heavy atom. The number of rotatable bonds is 5. The van der Waals surface area contributed by atoms with Gasteiger partial charge in [-0.3, -0.25) is 9.69 Å². The smallest absolute Gasteiger partial charge is 0.197 e. The molecule has 4 rings (SSSR count). The maximum Gasteiger partial charge on any atom is 0.197 e. The SMILES string of the molecule is COc1ccc2oc(NC3CCN(Cc4ccccc4)CC3)cc(=O)c2c1. The molecule has 1 saturated heterocycles. The van der Waals surface area contributed by atoms with Gasteiger partial charge in [-0.05, 0) is 36.6 Å². The molecule has 1 N–H and O–H groups in total. The maximum atomic E-state index is 12.4. The van der Waals surface area contributed by atoms with Gasteiger partial charge in [0.05, 0.1) is 12.5 Å². The Balaban J connectivity index is 1.39. The van der Waals surface area contributed by atoms with E-state index in [1.807, 2.05) is 6.07 Å². The fraction of sp³-hybridized carbons (Fsp3) is 0.318. The summed E-state index contributed by atoms with van der Waals surface area (Å²) in [4.78, 5) is 14.9. The van der Waals surface area contributed by atoms with E-state index in [1.165, 1.54) is 11.6 Å². The molecule has 0 spiro atoms. The molecule has 5 nitrogen and oxygen atoms in total. The maximum absolute atomic E-state index is 12.4. The normalized spacial score (nSPS) is 15.7. The van der Waals surface area contributed by atoms with Crippen LogP contribution in [0.5, 0.6) is 5.75 Å². The van der Waals surface area contributed by atoms with Crippen LogP contribution in [0.2, 0.25) is 0 Å². The molecule has 5 heteroatoms. The largest absolute Gasteiger partial charge is 0.497 e. The van der Waals surface area contributed by atoms with E-state index in [4.69, 9.17) is 9.15 Å². The number of nitrogens with zero attached hydrogens (tertiary/aromatic N) is 1. The number of benzene rings is 2. The lowest BCUT2D eigenvalue weighted by atomic mass is 10.0. The third-order valence-electron chi connectivity index (χ3n) is 5.12. The molecule has 0 amide bonds. The molecule has 2 aromatic carbocycles. The fourth-order valence-corrected chi connectivity index (χ4v) is 3.61. The summed E-state index contributed by atoms with van der Waals surface area (Å²) < 4.78 is 11.1. The minimum absolute atomic E-state index is 0.0563. The summed E-state index contributed by atoms with van der Waals surface area (Å²) in [7, 11) is 1.59. The van der Waals surface area contributed by atoms with Gasteiger partial charge in [0.25, 0.3) is 0 Å². The second-order valence-corrected chi connectivity index (χ2v) is 7.02. The number of hydrogen-bond acceptors (Lipinski definition) is 5. The van der Waals surface area contributed by atoms with E-state index in [2.05, 4.69) is 34.5 Å². The Bertz CT molecular complexity index is 960. The Labute approximate surface area is 158 Å². The predicted octanol–water partition coefficient (Wildman–Crippen LogP) is 3.88. The summed E-state index contributed by atoms with van der Waals surface area (Å²) >= 11 is 0. The molecule has 0 bridgehead atoms. The number of piperidine rings is 1. The summed E-state index contributed by atoms with van der Waals surface area (Å²) in [5.41, 5.74) is 1.87. The van der Waals surface area contributed by atoms with Crippen molar-refractivity contribution in [3.8, 4) is 5.75 Å². The molecule has 3 aromatic rings. The van der Waals surface area contributed by atoms with Gasteiger partial charge in [0, 0.05) is 31.7 Å². The zero-order valence-electron chi connectivity index (χ0n) is 15.5. The van der Waals surface area contributed by atoms with Gasteiger partial charge in [-0.25, -0.2) is 0 Å². The predicted molar refractivity (Wildman–Crippen MR) is 107 cm³/mol. The van der Waals surface area contributed by atoms with E-state index in [1.54, 1.807) is 25.3 Å². The minimum atomic E-state index is -0.0563. The van der Waals surface area contributed by atoms with Crippen molar-refractivity contribution < 1.29 is 9.15 Å². The van der Waals surface area contributed by atoms with Gasteiger partial charge < -0.3 is 14.5 Å². The summed E-state index contributed by atoms with van der Waals surface area (Å²) in [6.45, 7) is 3.05. The zero-order chi connectivity index (χ0) is 18.6. The van der Waals surface area contributed by atoms with Crippen LogP contribution in [0.3, 0.4) is 0 Å². The summed E-state index contributed by atoms with van der Waals surface area (Å²) in [5.74, 6) is 1.19. The van der Waals surface area contributed by atoms with Crippen LogP contribution in [-0.2, 0) is 6.54 Å². The molecule has 0 radical (unpaired) electrons. The highest BCUT2D eigenvalue weighted by molar-refractivity contribution is 5.79. The van der Waals surface area contributed by atoms with Crippen molar-refractivity contribution in [2.45, 2.75) is 25.4 Å². The van der Waals surface area contributed by atoms with Crippen molar-refractivity contribution in [3.05, 3.63) is 70.4 Å². The monoisotopic (exact) mass is 364 g/mol. The standard InChI is InChI=1S/C22H24N2O3/c1-26-18-7-8-21-19(13-18)20(25)14-22(27-21)23-17-9-11-24(12-10-17)15-16-5-3-2-4-6-16/h2-8,13-14,17,23H,9-12,15H2,1H3. The van der Waals surface area contributed by atoms with Gasteiger partial charge >= 0.3 is 0 Å². The van der Waals surface area contributed by atoms with Crippen molar-refractivity contribution in [1.29, 1.82) is 0 Å². The van der Waals surface area contributed by atoms with E-state index in [9.17, 15) is 4.79 Å². The van der Waals surface area contributed by atoms with Crippen molar-refractivity contribution >= 4 is 16.9 Å². The lowest BCUT2D eigenvalue weighted by Gasteiger charge is -2.32. The second-order valence-electron chi connectivity index (χ2n) is 7.02. The Hall–Kier alpha value is -2.79. The van der Waals surface area contributed by atoms with E-state index in [0.717, 1.165) is 32.5 Å². The van der Waals surface area contributed by atoms with Crippen LogP contribution in [0, 0.1) is 0 Å². The number of fused-ring (bicyclic) bond motifs is 1. The van der Waals surface area contributed by atoms with Crippen molar-refractivity contribution in [2.75, 3.05) is 25.5 Å². The van der Waals surface area contributed by atoms with Crippen LogP contribution in [-0.4, -0.2) is 31.1 Å². The number of anilines is 1. The number of likely N-dealkylation sites (tertiary alicyclic amines) is 1. The molecule has 0 aliphatic carbocycles. The zero-order valence-corrected chi connectivity index (χ0v) is 15.5. The number of nitrogens with one attached hydrogen (secondary N) is 1. The first-order valence-electron chi connectivity index (χ1n) is 9.36. The Kier molecular flexibility index (Phi) is 5.12. The van der Waals surface area contributed by atoms with Gasteiger partial charge in [-0.1, -0.05) is 30.3 Å². The van der Waals surface area contributed by atoms with Crippen molar-refractivity contribution in [2.24, 2.45) is 0 Å². The quantitative estimate of drug-likeness (QED) is 0.745. The van der Waals surface area contributed by atoms with Gasteiger partial charge in [0.15, 0.2) is 11.3 Å². The molecule has 1 aromatic heterocycles. The molecule has 27 heavy (non-hydrogen) atoms. The third-order valence-corrected chi connectivity index (χ3v) is 5.12. The van der Waals surface area contributed by atoms with Crippen LogP contribution in [0.25, 0.3) is 11.0 Å². The van der Waals surface area contributed by atoms with Gasteiger partial charge in [0.1, 0.15) is 11.3 Å². The summed E-state index contributed by atoms with van der Waals surface area (Å²) in [5, 5.41) is 3.94. The molecule has 0 saturated carbocycles. The van der Waals surface area contributed by atoms with E-state index in [-0.39, 0.29) is 5.43 Å². The molecular formula is C22H24N2O3. The first kappa shape index (κ1) is 17.6. The molecule has 1 fully saturated rings. The van der Waals surface area contributed by atoms with Crippen LogP contribution in [0.15, 0.2) is 63.8 Å². The topological polar surface area (TPSA) is 54.7 Å². The van der Waals surface area contributed by atoms with Gasteiger partial charge in [-0.2, -0.15) is 0 Å². The molecule has 140 valence electrons. The number of ether oxygens (including phenoxy) is 1. The highest BCUT2D eigenvalue weighted by Gasteiger charge is 2.20.